The molecule has 2 aromatic heterocycles. The molecule has 0 aliphatic carbocycles. The average Bonchev–Trinajstić information content (AvgIpc) is 2.89. The summed E-state index contributed by atoms with van der Waals surface area (Å²) in [5, 5.41) is 2.47. The molecule has 0 fully saturated rings. The summed E-state index contributed by atoms with van der Waals surface area (Å²) in [4.78, 5) is 22.0. The molecule has 11 heteroatoms. The third-order valence-electron chi connectivity index (χ3n) is 5.75. The maximum absolute atomic E-state index is 14.1. The maximum Gasteiger partial charge on any atom is 0.419 e. The van der Waals surface area contributed by atoms with Gasteiger partial charge in [-0.1, -0.05) is 36.4 Å². The van der Waals surface area contributed by atoms with Gasteiger partial charge in [-0.15, -0.1) is 0 Å². The van der Waals surface area contributed by atoms with Gasteiger partial charge in [0.05, 0.1) is 23.1 Å². The summed E-state index contributed by atoms with van der Waals surface area (Å²) in [6.07, 6.45) is -2.83. The lowest BCUT2D eigenvalue weighted by Crippen LogP contribution is -2.26. The Morgan fingerprint density at radius 1 is 0.947 bits per heavy atom. The van der Waals surface area contributed by atoms with E-state index in [1.807, 2.05) is 0 Å². The largest absolute Gasteiger partial charge is 0.419 e. The summed E-state index contributed by atoms with van der Waals surface area (Å²) in [5.74, 6) is -2.69. The van der Waals surface area contributed by atoms with E-state index in [1.54, 1.807) is 43.3 Å². The Hall–Kier alpha value is -4.54. The van der Waals surface area contributed by atoms with Gasteiger partial charge in [0.25, 0.3) is 5.91 Å². The van der Waals surface area contributed by atoms with Gasteiger partial charge in [-0.2, -0.15) is 13.2 Å². The van der Waals surface area contributed by atoms with Crippen LogP contribution in [0.15, 0.2) is 73.1 Å². The number of alkyl halides is 3. The number of carbonyl (C=O) groups excluding carboxylic acids is 1. The van der Waals surface area contributed by atoms with Gasteiger partial charge in [-0.25, -0.2) is 13.8 Å². The fourth-order valence-corrected chi connectivity index (χ4v) is 3.73. The second-order valence-corrected chi connectivity index (χ2v) is 8.48. The van der Waals surface area contributed by atoms with Crippen LogP contribution >= 0.6 is 0 Å². The van der Waals surface area contributed by atoms with Crippen LogP contribution in [0.2, 0.25) is 0 Å². The lowest BCUT2D eigenvalue weighted by atomic mass is 10.1. The first-order valence-corrected chi connectivity index (χ1v) is 11.4. The van der Waals surface area contributed by atoms with Crippen molar-refractivity contribution in [2.45, 2.75) is 26.2 Å². The predicted octanol–water partition coefficient (Wildman–Crippen LogP) is 5.93. The molecule has 0 bridgehead atoms. The highest BCUT2D eigenvalue weighted by Crippen LogP contribution is 2.40. The number of rotatable bonds is 7. The van der Waals surface area contributed by atoms with Crippen LogP contribution in [-0.2, 0) is 19.3 Å². The van der Waals surface area contributed by atoms with Crippen molar-refractivity contribution in [2.75, 3.05) is 10.6 Å². The SMILES string of the molecule is Cc1cc(N(Cc2ccccc2)c2cc(C(=O)NCc3ccc(F)c(F)c3)ncc2C(F)(F)F)cnc1N. The van der Waals surface area contributed by atoms with Gasteiger partial charge >= 0.3 is 6.18 Å². The molecule has 0 saturated heterocycles. The average molecular weight is 527 g/mol. The molecule has 2 aromatic carbocycles. The summed E-state index contributed by atoms with van der Waals surface area (Å²) in [6, 6.07) is 14.6. The lowest BCUT2D eigenvalue weighted by Gasteiger charge is -2.28. The van der Waals surface area contributed by atoms with E-state index in [1.165, 1.54) is 17.2 Å². The van der Waals surface area contributed by atoms with E-state index in [0.29, 0.717) is 23.0 Å². The molecule has 2 heterocycles. The second-order valence-electron chi connectivity index (χ2n) is 8.48. The number of benzene rings is 2. The van der Waals surface area contributed by atoms with Crippen LogP contribution in [-0.4, -0.2) is 15.9 Å². The highest BCUT2D eigenvalue weighted by atomic mass is 19.4. The summed E-state index contributed by atoms with van der Waals surface area (Å²) in [7, 11) is 0. The van der Waals surface area contributed by atoms with E-state index < -0.39 is 29.3 Å². The zero-order valence-corrected chi connectivity index (χ0v) is 20.1. The number of hydrogen-bond acceptors (Lipinski definition) is 5. The van der Waals surface area contributed by atoms with E-state index in [2.05, 4.69) is 15.3 Å². The van der Waals surface area contributed by atoms with Crippen molar-refractivity contribution in [1.82, 2.24) is 15.3 Å². The molecular formula is C27H22F5N5O. The van der Waals surface area contributed by atoms with Crippen LogP contribution in [0.25, 0.3) is 0 Å². The Bertz CT molecular complexity index is 1460. The van der Waals surface area contributed by atoms with Gasteiger partial charge in [-0.3, -0.25) is 9.78 Å². The van der Waals surface area contributed by atoms with Crippen LogP contribution in [0.1, 0.15) is 32.7 Å². The topological polar surface area (TPSA) is 84.1 Å². The molecule has 38 heavy (non-hydrogen) atoms. The number of pyridine rings is 2. The van der Waals surface area contributed by atoms with E-state index in [9.17, 15) is 26.7 Å². The zero-order chi connectivity index (χ0) is 27.4. The Morgan fingerprint density at radius 2 is 1.68 bits per heavy atom. The second kappa shape index (κ2) is 10.8. The number of nitrogens with two attached hydrogens (primary N) is 1. The van der Waals surface area contributed by atoms with Crippen molar-refractivity contribution in [3.63, 3.8) is 0 Å². The Morgan fingerprint density at radius 3 is 2.34 bits per heavy atom. The number of anilines is 3. The fraction of sp³-hybridized carbons (Fsp3) is 0.148. The van der Waals surface area contributed by atoms with Crippen molar-refractivity contribution >= 4 is 23.1 Å². The van der Waals surface area contributed by atoms with Crippen LogP contribution in [0.5, 0.6) is 0 Å². The Kier molecular flexibility index (Phi) is 7.56. The standard InChI is InChI=1S/C27H22F5N5O/c1-16-9-19(13-35-25(16)33)37(15-17-5-3-2-4-6-17)24-11-23(34-14-20(24)27(30,31)32)26(38)36-12-18-7-8-21(28)22(29)10-18/h2-11,13-14H,12,15H2,1H3,(H2,33,35)(H,36,38). The maximum atomic E-state index is 14.1. The molecule has 196 valence electrons. The number of aromatic nitrogens is 2. The van der Waals surface area contributed by atoms with Crippen molar-refractivity contribution in [3.05, 3.63) is 113 Å². The minimum atomic E-state index is -4.78. The first-order chi connectivity index (χ1) is 18.0. The van der Waals surface area contributed by atoms with Gasteiger partial charge in [-0.05, 0) is 47.9 Å². The first-order valence-electron chi connectivity index (χ1n) is 11.4. The van der Waals surface area contributed by atoms with Crippen molar-refractivity contribution in [1.29, 1.82) is 0 Å². The van der Waals surface area contributed by atoms with Crippen LogP contribution in [0, 0.1) is 18.6 Å². The van der Waals surface area contributed by atoms with Gasteiger partial charge in [0, 0.05) is 19.3 Å². The molecular weight excluding hydrogens is 505 g/mol. The van der Waals surface area contributed by atoms with Crippen LogP contribution in [0.3, 0.4) is 0 Å². The van der Waals surface area contributed by atoms with Crippen molar-refractivity contribution in [3.8, 4) is 0 Å². The molecule has 0 aliphatic heterocycles. The van der Waals surface area contributed by atoms with Crippen molar-refractivity contribution in [2.24, 2.45) is 0 Å². The molecule has 0 aliphatic rings. The van der Waals surface area contributed by atoms with E-state index in [0.717, 1.165) is 18.2 Å². The first kappa shape index (κ1) is 26.5. The monoisotopic (exact) mass is 527 g/mol. The highest BCUT2D eigenvalue weighted by Gasteiger charge is 2.36. The number of nitrogen functional groups attached to an aromatic ring is 1. The van der Waals surface area contributed by atoms with E-state index in [4.69, 9.17) is 5.73 Å². The van der Waals surface area contributed by atoms with E-state index in [-0.39, 0.29) is 35.9 Å². The number of amides is 1. The molecule has 0 unspecified atom stereocenters. The number of carbonyl (C=O) groups is 1. The molecule has 3 N–H and O–H groups in total. The molecule has 4 rings (SSSR count). The van der Waals surface area contributed by atoms with Gasteiger partial charge in [0.15, 0.2) is 11.6 Å². The minimum Gasteiger partial charge on any atom is -0.383 e. The third-order valence-corrected chi connectivity index (χ3v) is 5.75. The molecule has 4 aromatic rings. The molecule has 0 radical (unpaired) electrons. The number of nitrogens with zero attached hydrogens (tertiary/aromatic N) is 3. The summed E-state index contributed by atoms with van der Waals surface area (Å²) in [6.45, 7) is 1.51. The van der Waals surface area contributed by atoms with Crippen LogP contribution < -0.4 is 16.0 Å². The van der Waals surface area contributed by atoms with E-state index >= 15 is 0 Å². The quantitative estimate of drug-likeness (QED) is 0.291. The highest BCUT2D eigenvalue weighted by molar-refractivity contribution is 5.93. The fourth-order valence-electron chi connectivity index (χ4n) is 3.73. The van der Waals surface area contributed by atoms with Crippen molar-refractivity contribution < 1.29 is 26.7 Å². The van der Waals surface area contributed by atoms with Gasteiger partial charge < -0.3 is 16.0 Å². The molecule has 6 nitrogen and oxygen atoms in total. The summed E-state index contributed by atoms with van der Waals surface area (Å²) >= 11 is 0. The minimum absolute atomic E-state index is 0.0227. The number of nitrogens with one attached hydrogen (secondary N) is 1. The van der Waals surface area contributed by atoms with Crippen LogP contribution in [0.4, 0.5) is 39.1 Å². The summed E-state index contributed by atoms with van der Waals surface area (Å²) < 4.78 is 69.0. The number of hydrogen-bond donors (Lipinski definition) is 2. The lowest BCUT2D eigenvalue weighted by molar-refractivity contribution is -0.137. The third kappa shape index (κ3) is 6.05. The number of halogens is 5. The van der Waals surface area contributed by atoms with Gasteiger partial charge in [0.2, 0.25) is 0 Å². The normalized spacial score (nSPS) is 11.3. The molecule has 1 amide bonds. The predicted molar refractivity (Wildman–Crippen MR) is 132 cm³/mol. The van der Waals surface area contributed by atoms with Gasteiger partial charge in [0.1, 0.15) is 11.5 Å². The summed E-state index contributed by atoms with van der Waals surface area (Å²) in [5.41, 5.74) is 6.01. The smallest absolute Gasteiger partial charge is 0.383 e. The molecule has 0 spiro atoms. The zero-order valence-electron chi connectivity index (χ0n) is 20.1. The number of aryl methyl sites for hydroxylation is 1. The molecule has 0 atom stereocenters. The Labute approximate surface area is 215 Å². The molecule has 0 saturated carbocycles. The Balaban J connectivity index is 1.75.